The zero-order valence-corrected chi connectivity index (χ0v) is 16.2. The van der Waals surface area contributed by atoms with E-state index in [0.29, 0.717) is 30.1 Å². The summed E-state index contributed by atoms with van der Waals surface area (Å²) in [6.07, 6.45) is 5.23. The summed E-state index contributed by atoms with van der Waals surface area (Å²) in [6, 6.07) is 3.86. The summed E-state index contributed by atoms with van der Waals surface area (Å²) in [5.74, 6) is 4.20. The van der Waals surface area contributed by atoms with E-state index in [2.05, 4.69) is 28.6 Å². The molecule has 4 rings (SSSR count). The average Bonchev–Trinajstić information content (AvgIpc) is 3.17. The van der Waals surface area contributed by atoms with E-state index in [9.17, 15) is 4.79 Å². The van der Waals surface area contributed by atoms with E-state index in [0.717, 1.165) is 29.8 Å². The number of furan rings is 1. The van der Waals surface area contributed by atoms with E-state index in [-0.39, 0.29) is 5.91 Å². The van der Waals surface area contributed by atoms with Crippen molar-refractivity contribution in [2.75, 3.05) is 18.8 Å². The predicted octanol–water partition coefficient (Wildman–Crippen LogP) is 3.39. The van der Waals surface area contributed by atoms with Gasteiger partial charge < -0.3 is 9.32 Å². The van der Waals surface area contributed by atoms with Crippen LogP contribution in [0.3, 0.4) is 0 Å². The molecule has 0 aromatic carbocycles. The van der Waals surface area contributed by atoms with Crippen LogP contribution in [0.25, 0.3) is 0 Å². The molecule has 1 saturated heterocycles. The van der Waals surface area contributed by atoms with Crippen LogP contribution in [0.4, 0.5) is 0 Å². The lowest BCUT2D eigenvalue weighted by atomic mass is 9.92. The van der Waals surface area contributed by atoms with Crippen molar-refractivity contribution in [2.24, 2.45) is 11.8 Å². The topological polar surface area (TPSA) is 64.2 Å². The maximum Gasteiger partial charge on any atom is 0.233 e. The lowest BCUT2D eigenvalue weighted by Crippen LogP contribution is -2.43. The molecule has 2 unspecified atom stereocenters. The fraction of sp³-hybridized carbons (Fsp3) is 0.632. The number of carbonyl (C=O) groups excluding carboxylic acids is 1. The monoisotopic (exact) mass is 374 g/mol. The van der Waals surface area contributed by atoms with Gasteiger partial charge in [0.2, 0.25) is 5.91 Å². The number of amides is 1. The molecule has 2 atom stereocenters. The largest absolute Gasteiger partial charge is 0.467 e. The third kappa shape index (κ3) is 3.98. The van der Waals surface area contributed by atoms with Gasteiger partial charge in [-0.25, -0.2) is 0 Å². The normalized spacial score (nSPS) is 23.4. The highest BCUT2D eigenvalue weighted by atomic mass is 32.2. The van der Waals surface area contributed by atoms with E-state index < -0.39 is 0 Å². The molecule has 3 heterocycles. The third-order valence-electron chi connectivity index (χ3n) is 5.13. The minimum atomic E-state index is 0.203. The highest BCUT2D eigenvalue weighted by molar-refractivity contribution is 7.99. The Hall–Kier alpha value is -1.76. The van der Waals surface area contributed by atoms with E-state index in [1.165, 1.54) is 31.0 Å². The first-order valence-electron chi connectivity index (χ1n) is 9.46. The van der Waals surface area contributed by atoms with Gasteiger partial charge in [-0.2, -0.15) is 0 Å². The lowest BCUT2D eigenvalue weighted by Gasteiger charge is -2.34. The summed E-state index contributed by atoms with van der Waals surface area (Å²) in [4.78, 5) is 14.7. The Morgan fingerprint density at radius 2 is 2.04 bits per heavy atom. The van der Waals surface area contributed by atoms with Gasteiger partial charge in [-0.05, 0) is 43.2 Å². The third-order valence-corrected chi connectivity index (χ3v) is 6.08. The van der Waals surface area contributed by atoms with Crippen molar-refractivity contribution in [1.29, 1.82) is 0 Å². The molecule has 26 heavy (non-hydrogen) atoms. The number of carbonyl (C=O) groups is 1. The second-order valence-electron chi connectivity index (χ2n) is 7.81. The summed E-state index contributed by atoms with van der Waals surface area (Å²) in [6.45, 7) is 6.82. The first kappa shape index (κ1) is 17.6. The molecule has 2 aliphatic rings. The Labute approximate surface area is 158 Å². The molecular formula is C19H26N4O2S. The number of piperidine rings is 1. The van der Waals surface area contributed by atoms with E-state index in [1.807, 2.05) is 17.0 Å². The number of aromatic nitrogens is 3. The molecule has 2 aromatic rings. The highest BCUT2D eigenvalue weighted by Gasteiger charge is 2.31. The molecule has 2 fully saturated rings. The van der Waals surface area contributed by atoms with Crippen LogP contribution in [0.2, 0.25) is 0 Å². The molecule has 0 bridgehead atoms. The molecule has 1 aliphatic carbocycles. The first-order valence-corrected chi connectivity index (χ1v) is 10.4. The molecule has 0 radical (unpaired) electrons. The smallest absolute Gasteiger partial charge is 0.233 e. The fourth-order valence-electron chi connectivity index (χ4n) is 3.84. The van der Waals surface area contributed by atoms with Crippen LogP contribution in [0.5, 0.6) is 0 Å². The zero-order valence-electron chi connectivity index (χ0n) is 15.4. The number of rotatable bonds is 6. The van der Waals surface area contributed by atoms with Gasteiger partial charge in [0.25, 0.3) is 0 Å². The number of thioether (sulfide) groups is 1. The SMILES string of the molecule is CC1CC(C)CN(C(=O)CSc2nnc(C3CC3)n2Cc2ccco2)C1. The van der Waals surface area contributed by atoms with E-state index in [1.54, 1.807) is 6.26 Å². The lowest BCUT2D eigenvalue weighted by molar-refractivity contribution is -0.130. The van der Waals surface area contributed by atoms with Gasteiger partial charge in [0.05, 0.1) is 18.6 Å². The molecular weight excluding hydrogens is 348 g/mol. The van der Waals surface area contributed by atoms with Crippen LogP contribution in [-0.2, 0) is 11.3 Å². The first-order chi connectivity index (χ1) is 12.6. The summed E-state index contributed by atoms with van der Waals surface area (Å²) >= 11 is 1.50. The van der Waals surface area contributed by atoms with E-state index in [4.69, 9.17) is 4.42 Å². The molecule has 1 amide bonds. The van der Waals surface area contributed by atoms with Gasteiger partial charge in [0, 0.05) is 19.0 Å². The Kier molecular flexibility index (Phi) is 5.07. The Morgan fingerprint density at radius 3 is 2.69 bits per heavy atom. The van der Waals surface area contributed by atoms with Crippen LogP contribution in [0, 0.1) is 11.8 Å². The molecule has 0 spiro atoms. The van der Waals surface area contributed by atoms with Crippen LogP contribution in [-0.4, -0.2) is 44.4 Å². The molecule has 6 nitrogen and oxygen atoms in total. The molecule has 1 aliphatic heterocycles. The van der Waals surface area contributed by atoms with Crippen molar-refractivity contribution < 1.29 is 9.21 Å². The second-order valence-corrected chi connectivity index (χ2v) is 8.76. The fourth-order valence-corrected chi connectivity index (χ4v) is 4.69. The van der Waals surface area contributed by atoms with Crippen molar-refractivity contribution >= 4 is 17.7 Å². The van der Waals surface area contributed by atoms with Crippen LogP contribution < -0.4 is 0 Å². The standard InChI is InChI=1S/C19H26N4O2S/c1-13-8-14(2)10-22(9-13)17(24)12-26-19-21-20-18(15-5-6-15)23(19)11-16-4-3-7-25-16/h3-4,7,13-15H,5-6,8-12H2,1-2H3. The second kappa shape index (κ2) is 7.47. The van der Waals surface area contributed by atoms with Gasteiger partial charge >= 0.3 is 0 Å². The zero-order chi connectivity index (χ0) is 18.1. The number of hydrogen-bond donors (Lipinski definition) is 0. The summed E-state index contributed by atoms with van der Waals surface area (Å²) in [7, 11) is 0. The van der Waals surface area contributed by atoms with Crippen LogP contribution in [0.1, 0.15) is 50.6 Å². The summed E-state index contributed by atoms with van der Waals surface area (Å²) in [5.41, 5.74) is 0. The van der Waals surface area contributed by atoms with Crippen LogP contribution in [0.15, 0.2) is 28.0 Å². The molecule has 1 saturated carbocycles. The number of nitrogens with zero attached hydrogens (tertiary/aromatic N) is 4. The molecule has 7 heteroatoms. The van der Waals surface area contributed by atoms with Gasteiger partial charge in [0.1, 0.15) is 11.6 Å². The minimum Gasteiger partial charge on any atom is -0.467 e. The molecule has 2 aromatic heterocycles. The van der Waals surface area contributed by atoms with Crippen molar-refractivity contribution in [1.82, 2.24) is 19.7 Å². The van der Waals surface area contributed by atoms with Crippen LogP contribution >= 0.6 is 11.8 Å². The minimum absolute atomic E-state index is 0.203. The summed E-state index contributed by atoms with van der Waals surface area (Å²) in [5, 5.41) is 9.58. The van der Waals surface area contributed by atoms with Crippen molar-refractivity contribution in [3.63, 3.8) is 0 Å². The highest BCUT2D eigenvalue weighted by Crippen LogP contribution is 2.40. The van der Waals surface area contributed by atoms with E-state index >= 15 is 0 Å². The summed E-state index contributed by atoms with van der Waals surface area (Å²) < 4.78 is 7.62. The Bertz CT molecular complexity index is 744. The Balaban J connectivity index is 1.43. The van der Waals surface area contributed by atoms with Gasteiger partial charge in [0.15, 0.2) is 5.16 Å². The van der Waals surface area contributed by atoms with Crippen molar-refractivity contribution in [3.05, 3.63) is 30.0 Å². The van der Waals surface area contributed by atoms with Gasteiger partial charge in [-0.15, -0.1) is 10.2 Å². The Morgan fingerprint density at radius 1 is 1.27 bits per heavy atom. The predicted molar refractivity (Wildman–Crippen MR) is 100 cm³/mol. The number of likely N-dealkylation sites (tertiary alicyclic amines) is 1. The molecule has 0 N–H and O–H groups in total. The molecule has 140 valence electrons. The average molecular weight is 375 g/mol. The maximum atomic E-state index is 12.7. The van der Waals surface area contributed by atoms with Crippen molar-refractivity contribution in [2.45, 2.75) is 50.7 Å². The maximum absolute atomic E-state index is 12.7. The quantitative estimate of drug-likeness (QED) is 0.725. The van der Waals surface area contributed by atoms with Crippen molar-refractivity contribution in [3.8, 4) is 0 Å². The van der Waals surface area contributed by atoms with Gasteiger partial charge in [-0.3, -0.25) is 9.36 Å². The van der Waals surface area contributed by atoms with Gasteiger partial charge in [-0.1, -0.05) is 25.6 Å². The number of hydrogen-bond acceptors (Lipinski definition) is 5.